The number of ether oxygens (including phenoxy) is 2. The number of hydrogen-bond acceptors (Lipinski definition) is 3. The highest BCUT2D eigenvalue weighted by Crippen LogP contribution is 2.49. The summed E-state index contributed by atoms with van der Waals surface area (Å²) in [5.41, 5.74) is 5.78. The second-order valence-electron chi connectivity index (χ2n) is 6.37. The lowest BCUT2D eigenvalue weighted by atomic mass is 9.87. The van der Waals surface area contributed by atoms with Crippen LogP contribution in [0.1, 0.15) is 22.3 Å². The molecule has 0 saturated heterocycles. The van der Waals surface area contributed by atoms with Gasteiger partial charge in [0.1, 0.15) is 0 Å². The van der Waals surface area contributed by atoms with Crippen LogP contribution < -0.4 is 9.47 Å². The lowest BCUT2D eigenvalue weighted by Crippen LogP contribution is -2.39. The molecule has 0 bridgehead atoms. The Bertz CT molecular complexity index is 705. The van der Waals surface area contributed by atoms with Crippen LogP contribution in [0.3, 0.4) is 0 Å². The van der Waals surface area contributed by atoms with Gasteiger partial charge in [0.2, 0.25) is 0 Å². The van der Waals surface area contributed by atoms with Crippen molar-refractivity contribution < 1.29 is 9.47 Å². The van der Waals surface area contributed by atoms with Gasteiger partial charge in [0, 0.05) is 6.54 Å². The molecule has 0 N–H and O–H groups in total. The van der Waals surface area contributed by atoms with Gasteiger partial charge in [-0.1, -0.05) is 24.3 Å². The van der Waals surface area contributed by atoms with Crippen molar-refractivity contribution in [3.8, 4) is 11.5 Å². The summed E-state index contributed by atoms with van der Waals surface area (Å²) in [7, 11) is 5.64. The predicted octanol–water partition coefficient (Wildman–Crippen LogP) is 3.14. The van der Waals surface area contributed by atoms with E-state index < -0.39 is 0 Å². The highest BCUT2D eigenvalue weighted by molar-refractivity contribution is 5.54. The van der Waals surface area contributed by atoms with Gasteiger partial charge in [-0.25, -0.2) is 0 Å². The standard InChI is InChI=1S/C19H21NO2/c1-20-12-13-6-4-5-7-16(13)19(20)10-14-8-17(21-2)18(22-3)9-15(14)11-19/h4-9H,10-12H2,1-3H3. The Hall–Kier alpha value is -2.00. The Kier molecular flexibility index (Phi) is 2.95. The summed E-state index contributed by atoms with van der Waals surface area (Å²) in [6.45, 7) is 1.03. The maximum Gasteiger partial charge on any atom is 0.161 e. The summed E-state index contributed by atoms with van der Waals surface area (Å²) in [6.07, 6.45) is 2.08. The van der Waals surface area contributed by atoms with Gasteiger partial charge in [-0.05, 0) is 54.3 Å². The van der Waals surface area contributed by atoms with Gasteiger partial charge in [0.25, 0.3) is 0 Å². The van der Waals surface area contributed by atoms with Crippen molar-refractivity contribution in [1.82, 2.24) is 4.90 Å². The third-order valence-electron chi connectivity index (χ3n) is 5.33. The molecule has 3 nitrogen and oxygen atoms in total. The Morgan fingerprint density at radius 3 is 2.09 bits per heavy atom. The zero-order valence-corrected chi connectivity index (χ0v) is 13.3. The highest BCUT2D eigenvalue weighted by Gasteiger charge is 2.47. The second kappa shape index (κ2) is 4.75. The Morgan fingerprint density at radius 2 is 1.50 bits per heavy atom. The van der Waals surface area contributed by atoms with Gasteiger partial charge in [-0.3, -0.25) is 4.90 Å². The van der Waals surface area contributed by atoms with E-state index in [4.69, 9.17) is 9.47 Å². The number of fused-ring (bicyclic) bond motifs is 3. The van der Waals surface area contributed by atoms with Crippen LogP contribution in [0.4, 0.5) is 0 Å². The molecule has 114 valence electrons. The van der Waals surface area contributed by atoms with Crippen LogP contribution in [0, 0.1) is 0 Å². The molecule has 2 aliphatic rings. The van der Waals surface area contributed by atoms with Gasteiger partial charge in [-0.2, -0.15) is 0 Å². The Balaban J connectivity index is 1.82. The van der Waals surface area contributed by atoms with Crippen molar-refractivity contribution >= 4 is 0 Å². The monoisotopic (exact) mass is 295 g/mol. The summed E-state index contributed by atoms with van der Waals surface area (Å²) < 4.78 is 10.9. The number of benzene rings is 2. The van der Waals surface area contributed by atoms with E-state index in [-0.39, 0.29) is 5.54 Å². The molecule has 2 aromatic carbocycles. The molecule has 1 spiro atoms. The highest BCUT2D eigenvalue weighted by atomic mass is 16.5. The minimum absolute atomic E-state index is 0.0936. The second-order valence-corrected chi connectivity index (χ2v) is 6.37. The van der Waals surface area contributed by atoms with E-state index >= 15 is 0 Å². The summed E-state index contributed by atoms with van der Waals surface area (Å²) in [4.78, 5) is 2.50. The first kappa shape index (κ1) is 13.6. The van der Waals surface area contributed by atoms with E-state index in [0.717, 1.165) is 30.9 Å². The zero-order chi connectivity index (χ0) is 15.3. The molecular formula is C19H21NO2. The molecule has 0 aromatic heterocycles. The summed E-state index contributed by atoms with van der Waals surface area (Å²) in [5, 5.41) is 0. The lowest BCUT2D eigenvalue weighted by molar-refractivity contribution is 0.147. The van der Waals surface area contributed by atoms with Crippen LogP contribution in [0.25, 0.3) is 0 Å². The molecule has 3 heteroatoms. The van der Waals surface area contributed by atoms with Gasteiger partial charge < -0.3 is 9.47 Å². The van der Waals surface area contributed by atoms with Crippen molar-refractivity contribution in [3.63, 3.8) is 0 Å². The topological polar surface area (TPSA) is 21.7 Å². The number of nitrogens with zero attached hydrogens (tertiary/aromatic N) is 1. The minimum Gasteiger partial charge on any atom is -0.493 e. The Morgan fingerprint density at radius 1 is 0.909 bits per heavy atom. The summed E-state index contributed by atoms with van der Waals surface area (Å²) >= 11 is 0. The molecular weight excluding hydrogens is 274 g/mol. The molecule has 0 radical (unpaired) electrons. The zero-order valence-electron chi connectivity index (χ0n) is 13.3. The maximum atomic E-state index is 5.47. The van der Waals surface area contributed by atoms with Crippen LogP contribution in [0.5, 0.6) is 11.5 Å². The van der Waals surface area contributed by atoms with E-state index in [0.29, 0.717) is 0 Å². The Labute approximate surface area is 131 Å². The van der Waals surface area contributed by atoms with Gasteiger partial charge in [-0.15, -0.1) is 0 Å². The molecule has 0 atom stereocenters. The molecule has 0 saturated carbocycles. The number of hydrogen-bond donors (Lipinski definition) is 0. The fourth-order valence-electron chi connectivity index (χ4n) is 4.17. The number of methoxy groups -OCH3 is 2. The van der Waals surface area contributed by atoms with Crippen molar-refractivity contribution in [1.29, 1.82) is 0 Å². The maximum absolute atomic E-state index is 5.47. The van der Waals surface area contributed by atoms with Gasteiger partial charge in [0.15, 0.2) is 11.5 Å². The van der Waals surface area contributed by atoms with Gasteiger partial charge in [0.05, 0.1) is 19.8 Å². The minimum atomic E-state index is 0.0936. The molecule has 1 aliphatic carbocycles. The van der Waals surface area contributed by atoms with Crippen LogP contribution in [-0.2, 0) is 24.9 Å². The largest absolute Gasteiger partial charge is 0.493 e. The van der Waals surface area contributed by atoms with Crippen LogP contribution in [0.15, 0.2) is 36.4 Å². The molecule has 2 aromatic rings. The number of likely N-dealkylation sites (N-methyl/N-ethyl adjacent to an activating group) is 1. The van der Waals surface area contributed by atoms with Crippen LogP contribution >= 0.6 is 0 Å². The van der Waals surface area contributed by atoms with E-state index in [2.05, 4.69) is 48.3 Å². The predicted molar refractivity (Wildman–Crippen MR) is 86.5 cm³/mol. The van der Waals surface area contributed by atoms with E-state index in [1.807, 2.05) is 0 Å². The smallest absolute Gasteiger partial charge is 0.161 e. The average Bonchev–Trinajstić information content (AvgIpc) is 3.04. The normalized spacial score (nSPS) is 18.3. The first-order valence-corrected chi connectivity index (χ1v) is 7.71. The van der Waals surface area contributed by atoms with Crippen molar-refractivity contribution in [2.24, 2.45) is 0 Å². The molecule has 22 heavy (non-hydrogen) atoms. The SMILES string of the molecule is COc1cc2c(cc1OC)CC1(C2)c2ccccc2CN1C. The molecule has 4 rings (SSSR count). The van der Waals surface area contributed by atoms with Crippen LogP contribution in [-0.4, -0.2) is 26.2 Å². The van der Waals surface area contributed by atoms with E-state index in [9.17, 15) is 0 Å². The average molecular weight is 295 g/mol. The first-order chi connectivity index (χ1) is 10.7. The van der Waals surface area contributed by atoms with Crippen molar-refractivity contribution in [2.75, 3.05) is 21.3 Å². The molecule has 0 amide bonds. The lowest BCUT2D eigenvalue weighted by Gasteiger charge is -2.33. The van der Waals surface area contributed by atoms with Crippen molar-refractivity contribution in [3.05, 3.63) is 58.7 Å². The fourth-order valence-corrected chi connectivity index (χ4v) is 4.17. The van der Waals surface area contributed by atoms with E-state index in [1.165, 1.54) is 22.3 Å². The number of rotatable bonds is 2. The third-order valence-corrected chi connectivity index (χ3v) is 5.33. The summed E-state index contributed by atoms with van der Waals surface area (Å²) in [5.74, 6) is 1.65. The quantitative estimate of drug-likeness (QED) is 0.849. The molecule has 0 fully saturated rings. The van der Waals surface area contributed by atoms with Crippen LogP contribution in [0.2, 0.25) is 0 Å². The third kappa shape index (κ3) is 1.72. The summed E-state index contributed by atoms with van der Waals surface area (Å²) in [6, 6.07) is 13.1. The van der Waals surface area contributed by atoms with Crippen molar-refractivity contribution in [2.45, 2.75) is 24.9 Å². The fraction of sp³-hybridized carbons (Fsp3) is 0.368. The van der Waals surface area contributed by atoms with Gasteiger partial charge >= 0.3 is 0 Å². The van der Waals surface area contributed by atoms with E-state index in [1.54, 1.807) is 14.2 Å². The first-order valence-electron chi connectivity index (χ1n) is 7.71. The molecule has 0 unspecified atom stereocenters. The molecule has 1 aliphatic heterocycles. The molecule has 1 heterocycles.